The minimum absolute atomic E-state index is 0.119. The highest BCUT2D eigenvalue weighted by molar-refractivity contribution is 6.04. The maximum absolute atomic E-state index is 12.9. The minimum atomic E-state index is -0.119. The average molecular weight is 341 g/mol. The summed E-state index contributed by atoms with van der Waals surface area (Å²) in [7, 11) is 4.08. The Hall–Kier alpha value is -2.47. The van der Waals surface area contributed by atoms with Crippen LogP contribution in [0.3, 0.4) is 0 Å². The SMILES string of the molecule is CCN(C(=O)c1ccnc(NCCCN(C)C)n1)c1cccc(C)c1. The number of nitrogens with one attached hydrogen (secondary N) is 1. The van der Waals surface area contributed by atoms with E-state index in [9.17, 15) is 4.79 Å². The van der Waals surface area contributed by atoms with Gasteiger partial charge in [-0.15, -0.1) is 0 Å². The van der Waals surface area contributed by atoms with Gasteiger partial charge in [-0.1, -0.05) is 12.1 Å². The second kappa shape index (κ2) is 9.13. The normalized spacial score (nSPS) is 10.8. The van der Waals surface area contributed by atoms with Crippen LogP contribution in [0.15, 0.2) is 36.5 Å². The van der Waals surface area contributed by atoms with Gasteiger partial charge in [0, 0.05) is 25.0 Å². The van der Waals surface area contributed by atoms with Gasteiger partial charge in [-0.05, 0) is 64.7 Å². The summed E-state index contributed by atoms with van der Waals surface area (Å²) < 4.78 is 0. The number of benzene rings is 1. The molecule has 6 nitrogen and oxygen atoms in total. The zero-order chi connectivity index (χ0) is 18.2. The van der Waals surface area contributed by atoms with Gasteiger partial charge in [0.15, 0.2) is 0 Å². The molecule has 0 spiro atoms. The van der Waals surface area contributed by atoms with E-state index in [0.29, 0.717) is 18.2 Å². The van der Waals surface area contributed by atoms with Gasteiger partial charge in [-0.3, -0.25) is 4.79 Å². The van der Waals surface area contributed by atoms with E-state index in [-0.39, 0.29) is 5.91 Å². The summed E-state index contributed by atoms with van der Waals surface area (Å²) in [5.41, 5.74) is 2.40. The molecule has 0 unspecified atom stereocenters. The molecule has 134 valence electrons. The molecule has 1 heterocycles. The van der Waals surface area contributed by atoms with Crippen LogP contribution >= 0.6 is 0 Å². The van der Waals surface area contributed by atoms with Crippen LogP contribution in [0.4, 0.5) is 11.6 Å². The van der Waals surface area contributed by atoms with Crippen LogP contribution in [0.2, 0.25) is 0 Å². The van der Waals surface area contributed by atoms with Crippen molar-refractivity contribution in [2.75, 3.05) is 43.9 Å². The quantitative estimate of drug-likeness (QED) is 0.748. The Kier molecular flexibility index (Phi) is 6.89. The molecule has 0 radical (unpaired) electrons. The van der Waals surface area contributed by atoms with E-state index in [1.54, 1.807) is 17.2 Å². The van der Waals surface area contributed by atoms with E-state index >= 15 is 0 Å². The smallest absolute Gasteiger partial charge is 0.277 e. The van der Waals surface area contributed by atoms with Gasteiger partial charge in [0.2, 0.25) is 5.95 Å². The standard InChI is InChI=1S/C19H27N5O/c1-5-24(16-9-6-8-15(2)14-16)18(25)17-10-12-21-19(22-17)20-11-7-13-23(3)4/h6,8-10,12,14H,5,7,11,13H2,1-4H3,(H,20,21,22). The molecule has 0 fully saturated rings. The van der Waals surface area contributed by atoms with Crippen molar-refractivity contribution in [3.05, 3.63) is 47.8 Å². The van der Waals surface area contributed by atoms with Crippen molar-refractivity contribution in [1.29, 1.82) is 0 Å². The van der Waals surface area contributed by atoms with Gasteiger partial charge >= 0.3 is 0 Å². The Morgan fingerprint density at radius 2 is 2.04 bits per heavy atom. The second-order valence-electron chi connectivity index (χ2n) is 6.24. The van der Waals surface area contributed by atoms with Crippen LogP contribution in [0.25, 0.3) is 0 Å². The molecule has 0 aliphatic carbocycles. The molecular formula is C19H27N5O. The average Bonchev–Trinajstić information content (AvgIpc) is 2.59. The van der Waals surface area contributed by atoms with Crippen LogP contribution in [-0.4, -0.2) is 54.5 Å². The Morgan fingerprint density at radius 1 is 1.24 bits per heavy atom. The molecule has 0 aliphatic heterocycles. The summed E-state index contributed by atoms with van der Waals surface area (Å²) in [5.74, 6) is 0.372. The number of carbonyl (C=O) groups excluding carboxylic acids is 1. The monoisotopic (exact) mass is 341 g/mol. The zero-order valence-electron chi connectivity index (χ0n) is 15.5. The lowest BCUT2D eigenvalue weighted by Crippen LogP contribution is -2.31. The van der Waals surface area contributed by atoms with Crippen molar-refractivity contribution in [2.24, 2.45) is 0 Å². The Balaban J connectivity index is 2.08. The van der Waals surface area contributed by atoms with Crippen molar-refractivity contribution in [3.63, 3.8) is 0 Å². The molecule has 1 aromatic carbocycles. The van der Waals surface area contributed by atoms with Crippen LogP contribution in [-0.2, 0) is 0 Å². The topological polar surface area (TPSA) is 61.4 Å². The number of aromatic nitrogens is 2. The summed E-state index contributed by atoms with van der Waals surface area (Å²) in [6, 6.07) is 9.57. The molecule has 1 aromatic heterocycles. The van der Waals surface area contributed by atoms with Crippen LogP contribution in [0.5, 0.6) is 0 Å². The van der Waals surface area contributed by atoms with Crippen LogP contribution in [0.1, 0.15) is 29.4 Å². The highest BCUT2D eigenvalue weighted by atomic mass is 16.2. The maximum Gasteiger partial charge on any atom is 0.277 e. The van der Waals surface area contributed by atoms with E-state index in [1.807, 2.05) is 52.2 Å². The summed E-state index contributed by atoms with van der Waals surface area (Å²) in [5, 5.41) is 3.18. The molecule has 1 amide bonds. The van der Waals surface area contributed by atoms with Gasteiger partial charge in [-0.25, -0.2) is 9.97 Å². The molecule has 2 rings (SSSR count). The number of amides is 1. The predicted octanol–water partition coefficient (Wildman–Crippen LogP) is 2.82. The number of aryl methyl sites for hydroxylation is 1. The number of nitrogens with zero attached hydrogens (tertiary/aromatic N) is 4. The highest BCUT2D eigenvalue weighted by Gasteiger charge is 2.18. The van der Waals surface area contributed by atoms with Crippen molar-refractivity contribution in [1.82, 2.24) is 14.9 Å². The molecule has 1 N–H and O–H groups in total. The van der Waals surface area contributed by atoms with Crippen molar-refractivity contribution < 1.29 is 4.79 Å². The van der Waals surface area contributed by atoms with E-state index in [2.05, 4.69) is 20.2 Å². The van der Waals surface area contributed by atoms with Gasteiger partial charge < -0.3 is 15.1 Å². The number of hydrogen-bond acceptors (Lipinski definition) is 5. The van der Waals surface area contributed by atoms with E-state index in [1.165, 1.54) is 0 Å². The molecule has 25 heavy (non-hydrogen) atoms. The number of rotatable bonds is 8. The predicted molar refractivity (Wildman–Crippen MR) is 102 cm³/mol. The number of anilines is 2. The first-order chi connectivity index (χ1) is 12.0. The first-order valence-corrected chi connectivity index (χ1v) is 8.61. The molecule has 2 aromatic rings. The molecule has 6 heteroatoms. The largest absolute Gasteiger partial charge is 0.354 e. The van der Waals surface area contributed by atoms with E-state index in [0.717, 1.165) is 30.8 Å². The number of hydrogen-bond donors (Lipinski definition) is 1. The van der Waals surface area contributed by atoms with Gasteiger partial charge in [0.05, 0.1) is 0 Å². The third-order valence-corrected chi connectivity index (χ3v) is 3.81. The van der Waals surface area contributed by atoms with Crippen LogP contribution in [0, 0.1) is 6.92 Å². The second-order valence-corrected chi connectivity index (χ2v) is 6.24. The number of carbonyl (C=O) groups is 1. The summed E-state index contributed by atoms with van der Waals surface area (Å²) in [4.78, 5) is 25.3. The summed E-state index contributed by atoms with van der Waals surface area (Å²) in [6.45, 7) is 6.32. The molecule has 0 atom stereocenters. The van der Waals surface area contributed by atoms with Gasteiger partial charge in [0.1, 0.15) is 5.69 Å². The Bertz CT molecular complexity index is 702. The molecule has 0 saturated heterocycles. The first kappa shape index (κ1) is 18.9. The fourth-order valence-electron chi connectivity index (χ4n) is 2.54. The van der Waals surface area contributed by atoms with Gasteiger partial charge in [-0.2, -0.15) is 0 Å². The Labute approximate surface area is 149 Å². The lowest BCUT2D eigenvalue weighted by Gasteiger charge is -2.21. The lowest BCUT2D eigenvalue weighted by molar-refractivity contribution is 0.0983. The third-order valence-electron chi connectivity index (χ3n) is 3.81. The third kappa shape index (κ3) is 5.53. The fourth-order valence-corrected chi connectivity index (χ4v) is 2.54. The van der Waals surface area contributed by atoms with Crippen molar-refractivity contribution in [2.45, 2.75) is 20.3 Å². The van der Waals surface area contributed by atoms with Crippen molar-refractivity contribution >= 4 is 17.5 Å². The molecule has 0 saturated carbocycles. The fraction of sp³-hybridized carbons (Fsp3) is 0.421. The van der Waals surface area contributed by atoms with E-state index in [4.69, 9.17) is 0 Å². The summed E-state index contributed by atoms with van der Waals surface area (Å²) >= 11 is 0. The lowest BCUT2D eigenvalue weighted by atomic mass is 10.2. The van der Waals surface area contributed by atoms with E-state index < -0.39 is 0 Å². The van der Waals surface area contributed by atoms with Crippen molar-refractivity contribution in [3.8, 4) is 0 Å². The zero-order valence-corrected chi connectivity index (χ0v) is 15.5. The molecule has 0 aliphatic rings. The van der Waals surface area contributed by atoms with Crippen LogP contribution < -0.4 is 10.2 Å². The Morgan fingerprint density at radius 3 is 2.72 bits per heavy atom. The molecular weight excluding hydrogens is 314 g/mol. The first-order valence-electron chi connectivity index (χ1n) is 8.61. The van der Waals surface area contributed by atoms with Gasteiger partial charge in [0.25, 0.3) is 5.91 Å². The maximum atomic E-state index is 12.9. The highest BCUT2D eigenvalue weighted by Crippen LogP contribution is 2.18. The summed E-state index contributed by atoms with van der Waals surface area (Å²) in [6.07, 6.45) is 2.61. The minimum Gasteiger partial charge on any atom is -0.354 e. The molecule has 0 bridgehead atoms.